The van der Waals surface area contributed by atoms with Gasteiger partial charge in [-0.2, -0.15) is 0 Å². The quantitative estimate of drug-likeness (QED) is 0.809. The fourth-order valence-electron chi connectivity index (χ4n) is 2.97. The van der Waals surface area contributed by atoms with Crippen LogP contribution in [0, 0.1) is 0 Å². The summed E-state index contributed by atoms with van der Waals surface area (Å²) in [6, 6.07) is 4.44. The molecule has 0 N–H and O–H groups in total. The molecule has 102 valence electrons. The molecule has 4 nitrogen and oxygen atoms in total. The lowest BCUT2D eigenvalue weighted by Gasteiger charge is -2.31. The van der Waals surface area contributed by atoms with Crippen molar-refractivity contribution in [1.82, 2.24) is 19.4 Å². The molecule has 1 unspecified atom stereocenters. The standard InChI is InChI=1S/C14H19ClN4/c1-18-9-3-4-11(10-18)19-13(6-7-15)17-12-5-2-8-16-14(12)19/h2,5,8,11H,3-4,6-7,9-10H2,1H3. The molecule has 5 heteroatoms. The maximum atomic E-state index is 5.92. The van der Waals surface area contributed by atoms with Crippen LogP contribution in [0.3, 0.4) is 0 Å². The molecule has 0 aromatic carbocycles. The third-order valence-corrected chi connectivity index (χ3v) is 3.99. The van der Waals surface area contributed by atoms with Gasteiger partial charge in [0.1, 0.15) is 11.3 Å². The van der Waals surface area contributed by atoms with Crippen molar-refractivity contribution in [3.05, 3.63) is 24.2 Å². The number of aromatic nitrogens is 3. The molecule has 3 heterocycles. The molecule has 0 aliphatic carbocycles. The predicted octanol–water partition coefficient (Wildman–Crippen LogP) is 2.48. The van der Waals surface area contributed by atoms with E-state index in [-0.39, 0.29) is 0 Å². The van der Waals surface area contributed by atoms with Crippen LogP contribution in [-0.4, -0.2) is 45.5 Å². The van der Waals surface area contributed by atoms with Gasteiger partial charge in [0.05, 0.1) is 0 Å². The number of halogens is 1. The smallest absolute Gasteiger partial charge is 0.160 e. The fourth-order valence-corrected chi connectivity index (χ4v) is 3.14. The molecule has 2 aromatic heterocycles. The second kappa shape index (κ2) is 5.47. The summed E-state index contributed by atoms with van der Waals surface area (Å²) in [5, 5.41) is 0. The number of rotatable bonds is 3. The Morgan fingerprint density at radius 1 is 1.47 bits per heavy atom. The van der Waals surface area contributed by atoms with E-state index in [0.29, 0.717) is 11.9 Å². The van der Waals surface area contributed by atoms with Gasteiger partial charge in [-0.15, -0.1) is 11.6 Å². The molecule has 1 atom stereocenters. The number of hydrogen-bond donors (Lipinski definition) is 0. The minimum absolute atomic E-state index is 0.469. The number of piperidine rings is 1. The van der Waals surface area contributed by atoms with Crippen LogP contribution >= 0.6 is 11.6 Å². The molecule has 1 aliphatic heterocycles. The lowest BCUT2D eigenvalue weighted by molar-refractivity contribution is 0.212. The summed E-state index contributed by atoms with van der Waals surface area (Å²) in [4.78, 5) is 11.6. The number of likely N-dealkylation sites (N-methyl/N-ethyl adjacent to an activating group) is 1. The molecule has 0 saturated carbocycles. The van der Waals surface area contributed by atoms with Crippen LogP contribution in [-0.2, 0) is 6.42 Å². The SMILES string of the molecule is CN1CCCC(n2c(CCCl)nc3cccnc32)C1. The lowest BCUT2D eigenvalue weighted by atomic mass is 10.1. The van der Waals surface area contributed by atoms with Crippen molar-refractivity contribution in [3.63, 3.8) is 0 Å². The van der Waals surface area contributed by atoms with Gasteiger partial charge < -0.3 is 9.47 Å². The number of aryl methyl sites for hydroxylation is 1. The Balaban J connectivity index is 2.06. The van der Waals surface area contributed by atoms with Crippen molar-refractivity contribution < 1.29 is 0 Å². The summed E-state index contributed by atoms with van der Waals surface area (Å²) >= 11 is 5.92. The highest BCUT2D eigenvalue weighted by Gasteiger charge is 2.23. The van der Waals surface area contributed by atoms with Gasteiger partial charge in [-0.1, -0.05) is 0 Å². The molecule has 0 bridgehead atoms. The van der Waals surface area contributed by atoms with Crippen LogP contribution in [0.15, 0.2) is 18.3 Å². The lowest BCUT2D eigenvalue weighted by Crippen LogP contribution is -2.34. The van der Waals surface area contributed by atoms with E-state index in [1.54, 1.807) is 0 Å². The molecule has 1 fully saturated rings. The van der Waals surface area contributed by atoms with Gasteiger partial charge >= 0.3 is 0 Å². The van der Waals surface area contributed by atoms with Crippen LogP contribution in [0.5, 0.6) is 0 Å². The maximum absolute atomic E-state index is 5.92. The summed E-state index contributed by atoms with van der Waals surface area (Å²) in [6.45, 7) is 2.25. The highest BCUT2D eigenvalue weighted by molar-refractivity contribution is 6.17. The summed E-state index contributed by atoms with van der Waals surface area (Å²) in [5.74, 6) is 1.68. The van der Waals surface area contributed by atoms with Gasteiger partial charge in [-0.05, 0) is 38.6 Å². The van der Waals surface area contributed by atoms with Gasteiger partial charge in [-0.3, -0.25) is 0 Å². The summed E-state index contributed by atoms with van der Waals surface area (Å²) in [7, 11) is 2.18. The van der Waals surface area contributed by atoms with E-state index >= 15 is 0 Å². The second-order valence-corrected chi connectivity index (χ2v) is 5.62. The number of pyridine rings is 1. The zero-order valence-electron chi connectivity index (χ0n) is 11.2. The number of likely N-dealkylation sites (tertiary alicyclic amines) is 1. The van der Waals surface area contributed by atoms with Crippen molar-refractivity contribution in [1.29, 1.82) is 0 Å². The highest BCUT2D eigenvalue weighted by atomic mass is 35.5. The Hall–Kier alpha value is -1.13. The first-order chi connectivity index (χ1) is 9.29. The number of nitrogens with zero attached hydrogens (tertiary/aromatic N) is 4. The molecule has 19 heavy (non-hydrogen) atoms. The van der Waals surface area contributed by atoms with Crippen molar-refractivity contribution in [2.75, 3.05) is 26.0 Å². The number of fused-ring (bicyclic) bond motifs is 1. The number of hydrogen-bond acceptors (Lipinski definition) is 3. The van der Waals surface area contributed by atoms with Gasteiger partial charge in [0.25, 0.3) is 0 Å². The molecule has 0 amide bonds. The molecule has 1 saturated heterocycles. The zero-order valence-corrected chi connectivity index (χ0v) is 12.0. The number of alkyl halides is 1. The zero-order chi connectivity index (χ0) is 13.2. The Morgan fingerprint density at radius 2 is 2.37 bits per heavy atom. The monoisotopic (exact) mass is 278 g/mol. The van der Waals surface area contributed by atoms with Gasteiger partial charge in [0.15, 0.2) is 5.65 Å². The van der Waals surface area contributed by atoms with E-state index in [2.05, 4.69) is 21.5 Å². The van der Waals surface area contributed by atoms with Crippen LogP contribution in [0.25, 0.3) is 11.2 Å². The number of imidazole rings is 1. The normalized spacial score (nSPS) is 21.1. The van der Waals surface area contributed by atoms with Crippen molar-refractivity contribution in [2.24, 2.45) is 0 Å². The molecular weight excluding hydrogens is 260 g/mol. The molecule has 3 rings (SSSR count). The Bertz CT molecular complexity index is 566. The van der Waals surface area contributed by atoms with Gasteiger partial charge in [-0.25, -0.2) is 9.97 Å². The molecule has 0 spiro atoms. The first kappa shape index (κ1) is 12.9. The topological polar surface area (TPSA) is 34.0 Å². The predicted molar refractivity (Wildman–Crippen MR) is 77.7 cm³/mol. The van der Waals surface area contributed by atoms with Crippen molar-refractivity contribution in [3.8, 4) is 0 Å². The minimum atomic E-state index is 0.469. The molecule has 1 aliphatic rings. The maximum Gasteiger partial charge on any atom is 0.160 e. The third kappa shape index (κ3) is 2.47. The average molecular weight is 279 g/mol. The van der Waals surface area contributed by atoms with Crippen LogP contribution in [0.2, 0.25) is 0 Å². The fraction of sp³-hybridized carbons (Fsp3) is 0.571. The van der Waals surface area contributed by atoms with E-state index in [1.165, 1.54) is 19.4 Å². The third-order valence-electron chi connectivity index (χ3n) is 3.80. The molecule has 2 aromatic rings. The van der Waals surface area contributed by atoms with Gasteiger partial charge in [0, 0.05) is 31.1 Å². The van der Waals surface area contributed by atoms with E-state index < -0.39 is 0 Å². The Kier molecular flexibility index (Phi) is 3.71. The molecule has 0 radical (unpaired) electrons. The highest BCUT2D eigenvalue weighted by Crippen LogP contribution is 2.26. The van der Waals surface area contributed by atoms with Crippen LogP contribution < -0.4 is 0 Å². The summed E-state index contributed by atoms with van der Waals surface area (Å²) < 4.78 is 2.31. The average Bonchev–Trinajstić information content (AvgIpc) is 2.77. The van der Waals surface area contributed by atoms with E-state index in [0.717, 1.165) is 30.0 Å². The van der Waals surface area contributed by atoms with Gasteiger partial charge in [0.2, 0.25) is 0 Å². The van der Waals surface area contributed by atoms with Crippen LogP contribution in [0.1, 0.15) is 24.7 Å². The largest absolute Gasteiger partial charge is 0.308 e. The van der Waals surface area contributed by atoms with E-state index in [4.69, 9.17) is 16.6 Å². The van der Waals surface area contributed by atoms with Crippen molar-refractivity contribution >= 4 is 22.8 Å². The Labute approximate surface area is 118 Å². The first-order valence-corrected chi connectivity index (χ1v) is 7.39. The second-order valence-electron chi connectivity index (χ2n) is 5.24. The minimum Gasteiger partial charge on any atom is -0.308 e. The molecular formula is C14H19ClN4. The van der Waals surface area contributed by atoms with Crippen LogP contribution in [0.4, 0.5) is 0 Å². The summed E-state index contributed by atoms with van der Waals surface area (Å²) in [5.41, 5.74) is 1.98. The first-order valence-electron chi connectivity index (χ1n) is 6.86. The van der Waals surface area contributed by atoms with Crippen molar-refractivity contribution in [2.45, 2.75) is 25.3 Å². The van der Waals surface area contributed by atoms with E-state index in [9.17, 15) is 0 Å². The van der Waals surface area contributed by atoms with E-state index in [1.807, 2.05) is 18.3 Å². The summed E-state index contributed by atoms with van der Waals surface area (Å²) in [6.07, 6.45) is 5.07. The Morgan fingerprint density at radius 3 is 3.16 bits per heavy atom.